The van der Waals surface area contributed by atoms with Gasteiger partial charge in [0.15, 0.2) is 5.82 Å². The molecule has 11 nitrogen and oxygen atoms in total. The number of alkyl carbamates (subject to hydrolysis) is 1. The van der Waals surface area contributed by atoms with Crippen molar-refractivity contribution in [2.45, 2.75) is 79.4 Å². The van der Waals surface area contributed by atoms with E-state index in [1.54, 1.807) is 0 Å². The number of pyridine rings is 1. The summed E-state index contributed by atoms with van der Waals surface area (Å²) >= 11 is 0. The van der Waals surface area contributed by atoms with Crippen molar-refractivity contribution in [3.8, 4) is 0 Å². The number of fused-ring (bicyclic) bond motifs is 3. The van der Waals surface area contributed by atoms with Crippen molar-refractivity contribution in [3.05, 3.63) is 66.0 Å². The van der Waals surface area contributed by atoms with E-state index in [1.165, 1.54) is 0 Å². The summed E-state index contributed by atoms with van der Waals surface area (Å²) in [7, 11) is 0. The number of rotatable bonds is 14. The molecule has 2 amide bonds. The Bertz CT molecular complexity index is 1600. The topological polar surface area (TPSA) is 143 Å². The van der Waals surface area contributed by atoms with E-state index in [1.807, 2.05) is 96.1 Å². The van der Waals surface area contributed by atoms with Crippen molar-refractivity contribution in [1.29, 1.82) is 0 Å². The number of aromatic nitrogens is 3. The SMILES string of the molecule is CCOCc1nc2c(N)nc3ccccc3c2n1CC(C)(C)OCCNC(=O)[C@H](CC(C)(C)C)NC(=O)OCc1ccccc1. The molecule has 45 heavy (non-hydrogen) atoms. The first kappa shape index (κ1) is 33.7. The van der Waals surface area contributed by atoms with E-state index in [4.69, 9.17) is 24.9 Å². The number of hydrogen-bond acceptors (Lipinski definition) is 8. The number of para-hydroxylation sites is 1. The van der Waals surface area contributed by atoms with Crippen LogP contribution in [0.3, 0.4) is 0 Å². The molecule has 2 aromatic heterocycles. The van der Waals surface area contributed by atoms with Crippen LogP contribution in [0.15, 0.2) is 54.6 Å². The molecule has 2 aromatic carbocycles. The number of nitrogen functional groups attached to an aromatic ring is 1. The summed E-state index contributed by atoms with van der Waals surface area (Å²) in [6.45, 7) is 14.0. The van der Waals surface area contributed by atoms with Gasteiger partial charge in [0.05, 0.1) is 29.8 Å². The van der Waals surface area contributed by atoms with Crippen molar-refractivity contribution in [3.63, 3.8) is 0 Å². The Morgan fingerprint density at radius 3 is 2.40 bits per heavy atom. The zero-order valence-corrected chi connectivity index (χ0v) is 27.2. The van der Waals surface area contributed by atoms with Gasteiger partial charge in [-0.3, -0.25) is 4.79 Å². The Kier molecular flexibility index (Phi) is 11.0. The Hall–Kier alpha value is -4.22. The summed E-state index contributed by atoms with van der Waals surface area (Å²) in [6.07, 6.45) is -0.201. The van der Waals surface area contributed by atoms with Crippen LogP contribution in [0.5, 0.6) is 0 Å². The smallest absolute Gasteiger partial charge is 0.408 e. The molecule has 0 saturated heterocycles. The van der Waals surface area contributed by atoms with E-state index < -0.39 is 17.7 Å². The maximum Gasteiger partial charge on any atom is 0.408 e. The van der Waals surface area contributed by atoms with Crippen molar-refractivity contribution in [2.75, 3.05) is 25.5 Å². The largest absolute Gasteiger partial charge is 0.445 e. The van der Waals surface area contributed by atoms with Crippen LogP contribution in [-0.4, -0.2) is 57.9 Å². The van der Waals surface area contributed by atoms with Gasteiger partial charge in [-0.25, -0.2) is 14.8 Å². The van der Waals surface area contributed by atoms with E-state index in [-0.39, 0.29) is 31.1 Å². The molecule has 2 heterocycles. The summed E-state index contributed by atoms with van der Waals surface area (Å²) in [4.78, 5) is 35.1. The second-order valence-corrected chi connectivity index (χ2v) is 12.9. The van der Waals surface area contributed by atoms with Gasteiger partial charge in [-0.05, 0) is 44.2 Å². The fourth-order valence-electron chi connectivity index (χ4n) is 5.16. The van der Waals surface area contributed by atoms with Gasteiger partial charge in [0.25, 0.3) is 0 Å². The molecule has 0 fully saturated rings. The molecule has 0 aliphatic carbocycles. The van der Waals surface area contributed by atoms with Gasteiger partial charge >= 0.3 is 6.09 Å². The first-order valence-corrected chi connectivity index (χ1v) is 15.4. The van der Waals surface area contributed by atoms with Crippen LogP contribution in [0.1, 0.15) is 59.4 Å². The maximum absolute atomic E-state index is 13.2. The van der Waals surface area contributed by atoms with Gasteiger partial charge in [0.1, 0.15) is 30.6 Å². The number of anilines is 1. The Balaban J connectivity index is 1.39. The predicted molar refractivity (Wildman–Crippen MR) is 175 cm³/mol. The van der Waals surface area contributed by atoms with Crippen LogP contribution in [0.2, 0.25) is 0 Å². The van der Waals surface area contributed by atoms with Crippen LogP contribution in [-0.2, 0) is 38.8 Å². The van der Waals surface area contributed by atoms with Crippen molar-refractivity contribution in [2.24, 2.45) is 5.41 Å². The molecule has 4 N–H and O–H groups in total. The molecule has 0 bridgehead atoms. The van der Waals surface area contributed by atoms with Gasteiger partial charge < -0.3 is 35.1 Å². The number of nitrogens with two attached hydrogens (primary N) is 1. The summed E-state index contributed by atoms with van der Waals surface area (Å²) in [5.41, 5.74) is 8.65. The van der Waals surface area contributed by atoms with Crippen LogP contribution in [0.25, 0.3) is 21.9 Å². The van der Waals surface area contributed by atoms with E-state index >= 15 is 0 Å². The molecular formula is C34H46N6O5. The molecular weight excluding hydrogens is 572 g/mol. The molecule has 0 unspecified atom stereocenters. The minimum absolute atomic E-state index is 0.122. The fourth-order valence-corrected chi connectivity index (χ4v) is 5.16. The second-order valence-electron chi connectivity index (χ2n) is 12.9. The minimum Gasteiger partial charge on any atom is -0.445 e. The lowest BCUT2D eigenvalue weighted by Crippen LogP contribution is -2.49. The number of hydrogen-bond donors (Lipinski definition) is 3. The minimum atomic E-state index is -0.757. The summed E-state index contributed by atoms with van der Waals surface area (Å²) in [5.74, 6) is 0.804. The maximum atomic E-state index is 13.2. The average Bonchev–Trinajstić information content (AvgIpc) is 3.34. The fraction of sp³-hybridized carbons (Fsp3) is 0.471. The van der Waals surface area contributed by atoms with Crippen LogP contribution >= 0.6 is 0 Å². The second kappa shape index (κ2) is 14.7. The molecule has 0 spiro atoms. The zero-order valence-electron chi connectivity index (χ0n) is 27.2. The summed E-state index contributed by atoms with van der Waals surface area (Å²) in [6, 6.07) is 16.5. The van der Waals surface area contributed by atoms with Crippen molar-refractivity contribution < 1.29 is 23.8 Å². The number of carbonyl (C=O) groups is 2. The summed E-state index contributed by atoms with van der Waals surface area (Å²) < 4.78 is 19.5. The normalized spacial score (nSPS) is 12.8. The average molecular weight is 619 g/mol. The Morgan fingerprint density at radius 2 is 1.69 bits per heavy atom. The molecule has 4 rings (SSSR count). The van der Waals surface area contributed by atoms with E-state index in [0.29, 0.717) is 37.5 Å². The number of imidazole rings is 1. The Labute approximate surface area is 264 Å². The standard InChI is InChI=1S/C34H46N6O5/c1-7-43-21-27-39-28-29(24-15-11-12-16-25(24)37-30(28)35)40(27)22-34(5,6)45-18-17-36-31(41)26(19-33(2,3)4)38-32(42)44-20-23-13-9-8-10-14-23/h8-16,26H,7,17-22H2,1-6H3,(H2,35,37)(H,36,41)(H,38,42)/t26-/m0/s1. The highest BCUT2D eigenvalue weighted by Gasteiger charge is 2.28. The lowest BCUT2D eigenvalue weighted by molar-refractivity contribution is -0.124. The van der Waals surface area contributed by atoms with Crippen LogP contribution in [0, 0.1) is 5.41 Å². The molecule has 0 saturated carbocycles. The number of nitrogens with one attached hydrogen (secondary N) is 2. The highest BCUT2D eigenvalue weighted by Crippen LogP contribution is 2.30. The predicted octanol–water partition coefficient (Wildman–Crippen LogP) is 5.35. The number of nitrogens with zero attached hydrogens (tertiary/aromatic N) is 3. The molecule has 242 valence electrons. The number of ether oxygens (including phenoxy) is 3. The van der Waals surface area contributed by atoms with Crippen LogP contribution in [0.4, 0.5) is 10.6 Å². The summed E-state index contributed by atoms with van der Waals surface area (Å²) in [5, 5.41) is 6.60. The van der Waals surface area contributed by atoms with Gasteiger partial charge in [-0.2, -0.15) is 0 Å². The zero-order chi connectivity index (χ0) is 32.6. The molecule has 11 heteroatoms. The highest BCUT2D eigenvalue weighted by atomic mass is 16.5. The van der Waals surface area contributed by atoms with E-state index in [9.17, 15) is 9.59 Å². The quantitative estimate of drug-likeness (QED) is 0.161. The van der Waals surface area contributed by atoms with Crippen molar-refractivity contribution in [1.82, 2.24) is 25.2 Å². The van der Waals surface area contributed by atoms with Gasteiger partial charge in [-0.15, -0.1) is 0 Å². The van der Waals surface area contributed by atoms with Gasteiger partial charge in [0.2, 0.25) is 5.91 Å². The van der Waals surface area contributed by atoms with E-state index in [2.05, 4.69) is 20.2 Å². The molecule has 0 radical (unpaired) electrons. The number of benzene rings is 2. The van der Waals surface area contributed by atoms with Gasteiger partial charge in [-0.1, -0.05) is 69.3 Å². The first-order chi connectivity index (χ1) is 21.4. The molecule has 4 aromatic rings. The van der Waals surface area contributed by atoms with E-state index in [0.717, 1.165) is 27.8 Å². The molecule has 1 atom stereocenters. The van der Waals surface area contributed by atoms with Gasteiger partial charge in [0, 0.05) is 18.5 Å². The lowest BCUT2D eigenvalue weighted by Gasteiger charge is -2.28. The van der Waals surface area contributed by atoms with Crippen molar-refractivity contribution >= 4 is 39.8 Å². The molecule has 0 aliphatic heterocycles. The third-order valence-corrected chi connectivity index (χ3v) is 7.20. The van der Waals surface area contributed by atoms with Crippen LogP contribution < -0.4 is 16.4 Å². The third kappa shape index (κ3) is 9.39. The highest BCUT2D eigenvalue weighted by molar-refractivity contribution is 6.06. The first-order valence-electron chi connectivity index (χ1n) is 15.4. The monoisotopic (exact) mass is 618 g/mol. The Morgan fingerprint density at radius 1 is 0.978 bits per heavy atom. The third-order valence-electron chi connectivity index (χ3n) is 7.20. The number of carbonyl (C=O) groups excluding carboxylic acids is 2. The lowest BCUT2D eigenvalue weighted by atomic mass is 9.88. The molecule has 0 aliphatic rings. The number of amides is 2.